The summed E-state index contributed by atoms with van der Waals surface area (Å²) in [6.45, 7) is 42.5. The number of carbonyl (C=O) groups excluding carboxylic acids is 6. The van der Waals surface area contributed by atoms with Crippen LogP contribution in [0.4, 0.5) is 0 Å². The first-order valence-corrected chi connectivity index (χ1v) is 43.0. The molecule has 0 atom stereocenters. The molecule has 0 aromatic heterocycles. The predicted molar refractivity (Wildman–Crippen MR) is 445 cm³/mol. The first-order valence-electron chi connectivity index (χ1n) is 37.8. The molecule has 106 heavy (non-hydrogen) atoms. The molecule has 0 aliphatic carbocycles. The molecule has 0 heterocycles. The monoisotopic (exact) mass is 1480 g/mol. The van der Waals surface area contributed by atoms with Gasteiger partial charge < -0.3 is 13.7 Å². The van der Waals surface area contributed by atoms with Gasteiger partial charge in [-0.15, -0.1) is 0 Å². The number of benzene rings is 9. The van der Waals surface area contributed by atoms with Crippen molar-refractivity contribution in [2.75, 3.05) is 0 Å². The highest BCUT2D eigenvalue weighted by molar-refractivity contribution is 8.02. The highest BCUT2D eigenvalue weighted by Crippen LogP contribution is 2.56. The van der Waals surface area contributed by atoms with Gasteiger partial charge in [0.1, 0.15) is 0 Å². The molecule has 9 nitrogen and oxygen atoms in total. The molecule has 0 aliphatic rings. The standard InChI is InChI=1S/C34H43O3P.C32H39O3P.C28H31O3P/c1-9-11-13-28-18-24(5)31(25(6)19-28)33(35)38(37,30-17-22(3)15-16-23(30)4)34(36)32-26(7)20-29(14-12-10-2)21-27(32)8;1-7-9-14-26-18-22(3)29(23(4)19-26)31(33)36(35,28-16-12-11-13-17-28)32(34)30-24(5)20-27(15-10-8-2)21-25(30)6;1-16-9-10-19(4)24(15-16)32(31,27(29)25-20(5)11-17(2)12-21(25)6)28(30)26-22(7)13-18(3)14-23(26)8/h15-21H,9-14H2,1-8H3;11-13,16-21H,7-10,14-15H2,1-6H3;9-15H,1-8H3. The highest BCUT2D eigenvalue weighted by atomic mass is 31.2. The lowest BCUT2D eigenvalue weighted by Crippen LogP contribution is -2.25. The molecule has 9 rings (SSSR count). The summed E-state index contributed by atoms with van der Waals surface area (Å²) in [5, 5.41) is 0.990. The first-order chi connectivity index (χ1) is 50.0. The van der Waals surface area contributed by atoms with Gasteiger partial charge in [-0.2, -0.15) is 0 Å². The van der Waals surface area contributed by atoms with Gasteiger partial charge in [0, 0.05) is 49.3 Å². The van der Waals surface area contributed by atoms with Gasteiger partial charge in [-0.3, -0.25) is 28.8 Å². The Bertz CT molecular complexity index is 4650. The van der Waals surface area contributed by atoms with E-state index >= 15 is 4.57 Å². The number of rotatable bonds is 27. The van der Waals surface area contributed by atoms with Crippen LogP contribution in [0.2, 0.25) is 0 Å². The molecule has 0 spiro atoms. The van der Waals surface area contributed by atoms with Crippen LogP contribution in [-0.2, 0) is 39.4 Å². The third-order valence-corrected chi connectivity index (χ3v) is 28.6. The maximum absolute atomic E-state index is 15.2. The minimum absolute atomic E-state index is 0.294. The molecule has 0 amide bonds. The number of hydrogen-bond acceptors (Lipinski definition) is 9. The second-order valence-electron chi connectivity index (χ2n) is 30.0. The second kappa shape index (κ2) is 36.5. The molecule has 12 heteroatoms. The van der Waals surface area contributed by atoms with Gasteiger partial charge in [-0.05, 0) is 288 Å². The van der Waals surface area contributed by atoms with Crippen molar-refractivity contribution in [3.8, 4) is 0 Å². The third kappa shape index (κ3) is 18.4. The van der Waals surface area contributed by atoms with Crippen LogP contribution in [0, 0.1) is 125 Å². The average Bonchev–Trinajstić information content (AvgIpc) is 0.751. The zero-order valence-corrected chi connectivity index (χ0v) is 70.0. The van der Waals surface area contributed by atoms with Crippen LogP contribution in [0.1, 0.15) is 264 Å². The molecular weight excluding hydrogens is 1370 g/mol. The maximum Gasteiger partial charge on any atom is 0.248 e. The molecule has 0 saturated heterocycles. The van der Waals surface area contributed by atoms with E-state index in [-0.39, 0.29) is 0 Å². The van der Waals surface area contributed by atoms with Crippen molar-refractivity contribution in [1.82, 2.24) is 0 Å². The van der Waals surface area contributed by atoms with E-state index in [1.165, 1.54) is 22.3 Å². The van der Waals surface area contributed by atoms with Gasteiger partial charge in [0.2, 0.25) is 54.6 Å². The zero-order valence-electron chi connectivity index (χ0n) is 67.3. The molecule has 0 aliphatic heterocycles. The fraction of sp³-hybridized carbons (Fsp3) is 0.362. The van der Waals surface area contributed by atoms with Gasteiger partial charge in [-0.25, -0.2) is 0 Å². The summed E-state index contributed by atoms with van der Waals surface area (Å²) in [7, 11) is -12.6. The Labute approximate surface area is 633 Å². The van der Waals surface area contributed by atoms with Crippen LogP contribution in [0.25, 0.3) is 0 Å². The fourth-order valence-corrected chi connectivity index (χ4v) is 23.8. The smallest absolute Gasteiger partial charge is 0.248 e. The second-order valence-corrected chi connectivity index (χ2v) is 37.5. The SMILES string of the molecule is CCCCc1cc(C)c(C(=O)P(=O)(C(=O)c2c(C)cc(CCCC)cc2C)c2cc(C)ccc2C)c(C)c1.CCCCc1cc(C)c(C(=O)P(=O)(C(=O)c2c(C)cc(CCCC)cc2C)c2ccccc2)c(C)c1.Cc1cc(C)c(C(=O)P(=O)(C(=O)c2c(C)cc(C)cc2C)c2cc(C)ccc2C)c(C)c1. The molecule has 0 unspecified atom stereocenters. The minimum Gasteiger partial charge on any atom is -0.302 e. The van der Waals surface area contributed by atoms with Gasteiger partial charge in [0.15, 0.2) is 0 Å². The molecule has 0 radical (unpaired) electrons. The summed E-state index contributed by atoms with van der Waals surface area (Å²) < 4.78 is 44.9. The topological polar surface area (TPSA) is 154 Å². The molecular formula is C94H113O9P3. The van der Waals surface area contributed by atoms with Crippen molar-refractivity contribution in [1.29, 1.82) is 0 Å². The van der Waals surface area contributed by atoms with E-state index in [0.717, 1.165) is 166 Å². The largest absolute Gasteiger partial charge is 0.302 e. The Kier molecular flexibility index (Phi) is 29.3. The van der Waals surface area contributed by atoms with Crippen molar-refractivity contribution in [3.05, 3.63) is 295 Å². The molecule has 0 saturated carbocycles. The number of carbonyl (C=O) groups is 6. The number of unbranched alkanes of at least 4 members (excludes halogenated alkanes) is 4. The molecule has 9 aromatic carbocycles. The summed E-state index contributed by atoms with van der Waals surface area (Å²) in [6.07, 6.45) is 12.4. The lowest BCUT2D eigenvalue weighted by Gasteiger charge is -2.23. The van der Waals surface area contributed by atoms with Crippen molar-refractivity contribution in [2.45, 2.75) is 229 Å². The van der Waals surface area contributed by atoms with Crippen LogP contribution < -0.4 is 15.9 Å². The fourth-order valence-electron chi connectivity index (χ4n) is 15.3. The van der Waals surface area contributed by atoms with Crippen LogP contribution in [0.15, 0.2) is 140 Å². The van der Waals surface area contributed by atoms with E-state index in [9.17, 15) is 37.9 Å². The van der Waals surface area contributed by atoms with Crippen molar-refractivity contribution < 1.29 is 42.5 Å². The summed E-state index contributed by atoms with van der Waals surface area (Å²) >= 11 is 0. The lowest BCUT2D eigenvalue weighted by atomic mass is 9.97. The lowest BCUT2D eigenvalue weighted by molar-refractivity contribution is 0.102. The Morgan fingerprint density at radius 3 is 0.660 bits per heavy atom. The normalized spacial score (nSPS) is 11.5. The molecule has 558 valence electrons. The van der Waals surface area contributed by atoms with Gasteiger partial charge in [0.25, 0.3) is 0 Å². The minimum atomic E-state index is -4.22. The van der Waals surface area contributed by atoms with Gasteiger partial charge >= 0.3 is 0 Å². The number of hydrogen-bond donors (Lipinski definition) is 0. The zero-order chi connectivity index (χ0) is 78.6. The number of aryl methyl sites for hydroxylation is 22. The van der Waals surface area contributed by atoms with Gasteiger partial charge in [-0.1, -0.05) is 203 Å². The van der Waals surface area contributed by atoms with Crippen LogP contribution in [-0.4, -0.2) is 33.1 Å². The van der Waals surface area contributed by atoms with Crippen LogP contribution in [0.3, 0.4) is 0 Å². The van der Waals surface area contributed by atoms with Crippen LogP contribution in [0.5, 0.6) is 0 Å². The highest BCUT2D eigenvalue weighted by Gasteiger charge is 2.48. The summed E-state index contributed by atoms with van der Waals surface area (Å²) in [5.74, 6) is 0. The summed E-state index contributed by atoms with van der Waals surface area (Å²) in [5.41, 5.74) is 18.0. The summed E-state index contributed by atoms with van der Waals surface area (Å²) in [6, 6.07) is 43.4. The van der Waals surface area contributed by atoms with Crippen molar-refractivity contribution in [3.63, 3.8) is 0 Å². The van der Waals surface area contributed by atoms with E-state index in [0.29, 0.717) is 60.4 Å². The summed E-state index contributed by atoms with van der Waals surface area (Å²) in [4.78, 5) is 85.5. The maximum atomic E-state index is 15.2. The van der Waals surface area contributed by atoms with E-state index in [1.54, 1.807) is 42.5 Å². The average molecular weight is 1480 g/mol. The third-order valence-electron chi connectivity index (χ3n) is 20.5. The van der Waals surface area contributed by atoms with Crippen molar-refractivity contribution >= 4 is 70.5 Å². The van der Waals surface area contributed by atoms with E-state index < -0.39 is 54.6 Å². The Morgan fingerprint density at radius 1 is 0.236 bits per heavy atom. The molecule has 0 N–H and O–H groups in total. The van der Waals surface area contributed by atoms with Crippen molar-refractivity contribution in [2.24, 2.45) is 0 Å². The predicted octanol–water partition coefficient (Wildman–Crippen LogP) is 24.0. The molecule has 0 bridgehead atoms. The Balaban J connectivity index is 0.000000223. The molecule has 9 aromatic rings. The van der Waals surface area contributed by atoms with Crippen LogP contribution >= 0.6 is 21.4 Å². The van der Waals surface area contributed by atoms with E-state index in [2.05, 4.69) is 27.7 Å². The molecule has 0 fully saturated rings. The Morgan fingerprint density at radius 2 is 0.443 bits per heavy atom. The van der Waals surface area contributed by atoms with E-state index in [4.69, 9.17) is 0 Å². The first kappa shape index (κ1) is 84.9. The Hall–Kier alpha value is -8.31. The van der Waals surface area contributed by atoms with E-state index in [1.807, 2.05) is 222 Å². The van der Waals surface area contributed by atoms with Gasteiger partial charge in [0.05, 0.1) is 0 Å². The quantitative estimate of drug-likeness (QED) is 0.0458.